The minimum Gasteiger partial charge on any atom is -0.434 e. The predicted octanol–water partition coefficient (Wildman–Crippen LogP) is 3.33. The minimum absolute atomic E-state index is 0.153. The summed E-state index contributed by atoms with van der Waals surface area (Å²) in [5, 5.41) is 0. The van der Waals surface area contributed by atoms with Crippen LogP contribution in [0, 0.1) is 5.41 Å². The summed E-state index contributed by atoms with van der Waals surface area (Å²) in [5.74, 6) is 0.153. The molecule has 16 heavy (non-hydrogen) atoms. The number of ether oxygens (including phenoxy) is 1. The maximum absolute atomic E-state index is 12.2. The van der Waals surface area contributed by atoms with Crippen molar-refractivity contribution >= 4 is 0 Å². The van der Waals surface area contributed by atoms with Gasteiger partial charge in [-0.2, -0.15) is 8.78 Å². The van der Waals surface area contributed by atoms with Gasteiger partial charge in [-0.15, -0.1) is 0 Å². The van der Waals surface area contributed by atoms with Crippen LogP contribution in [0.5, 0.6) is 5.75 Å². The number of rotatable bonds is 3. The molecule has 90 valence electrons. The van der Waals surface area contributed by atoms with Crippen molar-refractivity contribution in [1.82, 2.24) is 0 Å². The summed E-state index contributed by atoms with van der Waals surface area (Å²) in [7, 11) is 0. The largest absolute Gasteiger partial charge is 0.434 e. The summed E-state index contributed by atoms with van der Waals surface area (Å²) in [6, 6.07) is 6.29. The monoisotopic (exact) mass is 229 g/mol. The molecule has 1 rings (SSSR count). The first-order valence-corrected chi connectivity index (χ1v) is 5.11. The van der Waals surface area contributed by atoms with Crippen molar-refractivity contribution < 1.29 is 13.5 Å². The van der Waals surface area contributed by atoms with Crippen LogP contribution in [-0.4, -0.2) is 6.61 Å². The summed E-state index contributed by atoms with van der Waals surface area (Å²) >= 11 is 0. The molecule has 0 amide bonds. The third-order valence-electron chi connectivity index (χ3n) is 2.40. The van der Waals surface area contributed by atoms with Crippen LogP contribution in [0.1, 0.15) is 32.4 Å². The van der Waals surface area contributed by atoms with E-state index in [-0.39, 0.29) is 17.2 Å². The number of para-hydroxylation sites is 1. The van der Waals surface area contributed by atoms with Crippen LogP contribution in [0.4, 0.5) is 8.78 Å². The lowest BCUT2D eigenvalue weighted by Crippen LogP contribution is -2.27. The molecular weight excluding hydrogens is 212 g/mol. The second-order valence-electron chi connectivity index (χ2n) is 4.76. The molecule has 1 aromatic rings. The average Bonchev–Trinajstić information content (AvgIpc) is 2.15. The van der Waals surface area contributed by atoms with Crippen molar-refractivity contribution in [1.29, 1.82) is 0 Å². The Hall–Kier alpha value is -1.16. The van der Waals surface area contributed by atoms with Gasteiger partial charge in [-0.3, -0.25) is 0 Å². The number of alkyl halides is 2. The molecule has 0 saturated carbocycles. The maximum Gasteiger partial charge on any atom is 0.387 e. The predicted molar refractivity (Wildman–Crippen MR) is 59.5 cm³/mol. The Balaban J connectivity index is 3.03. The van der Waals surface area contributed by atoms with Crippen LogP contribution >= 0.6 is 0 Å². The molecule has 0 radical (unpaired) electrons. The normalized spacial score (nSPS) is 13.9. The summed E-state index contributed by atoms with van der Waals surface area (Å²) in [5.41, 5.74) is 6.42. The highest BCUT2D eigenvalue weighted by molar-refractivity contribution is 5.36. The fraction of sp³-hybridized carbons (Fsp3) is 0.500. The Morgan fingerprint density at radius 3 is 2.25 bits per heavy atom. The van der Waals surface area contributed by atoms with Gasteiger partial charge < -0.3 is 10.5 Å². The lowest BCUT2D eigenvalue weighted by molar-refractivity contribution is -0.0509. The smallest absolute Gasteiger partial charge is 0.387 e. The van der Waals surface area contributed by atoms with Gasteiger partial charge in [0.25, 0.3) is 0 Å². The van der Waals surface area contributed by atoms with Gasteiger partial charge in [-0.05, 0) is 11.5 Å². The van der Waals surface area contributed by atoms with Gasteiger partial charge in [0.05, 0.1) is 0 Å². The molecule has 0 saturated heterocycles. The van der Waals surface area contributed by atoms with Crippen LogP contribution in [0.15, 0.2) is 24.3 Å². The molecular formula is C12H17F2NO. The standard InChI is InChI=1S/C12H17F2NO/c1-12(2,3)10(15)8-6-4-5-7-9(8)16-11(13)14/h4-7,10-11H,15H2,1-3H3. The summed E-state index contributed by atoms with van der Waals surface area (Å²) in [6.45, 7) is 3.04. The minimum atomic E-state index is -2.83. The van der Waals surface area contributed by atoms with Crippen molar-refractivity contribution in [3.8, 4) is 5.75 Å². The quantitative estimate of drug-likeness (QED) is 0.862. The SMILES string of the molecule is CC(C)(C)C(N)c1ccccc1OC(F)F. The fourth-order valence-electron chi connectivity index (χ4n) is 1.41. The highest BCUT2D eigenvalue weighted by atomic mass is 19.3. The molecule has 1 atom stereocenters. The molecule has 2 nitrogen and oxygen atoms in total. The lowest BCUT2D eigenvalue weighted by atomic mass is 9.83. The van der Waals surface area contributed by atoms with Crippen molar-refractivity contribution in [3.63, 3.8) is 0 Å². The molecule has 1 aromatic carbocycles. The van der Waals surface area contributed by atoms with E-state index in [1.807, 2.05) is 20.8 Å². The van der Waals surface area contributed by atoms with Gasteiger partial charge in [0.1, 0.15) is 5.75 Å². The topological polar surface area (TPSA) is 35.2 Å². The van der Waals surface area contributed by atoms with Crippen molar-refractivity contribution in [2.24, 2.45) is 11.1 Å². The first kappa shape index (κ1) is 12.9. The molecule has 2 N–H and O–H groups in total. The zero-order valence-electron chi connectivity index (χ0n) is 9.71. The first-order valence-electron chi connectivity index (χ1n) is 5.11. The van der Waals surface area contributed by atoms with Crippen LogP contribution in [-0.2, 0) is 0 Å². The molecule has 0 aliphatic rings. The molecule has 0 aliphatic heterocycles. The molecule has 1 unspecified atom stereocenters. The molecule has 0 bridgehead atoms. The Labute approximate surface area is 94.4 Å². The van der Waals surface area contributed by atoms with E-state index in [0.29, 0.717) is 5.56 Å². The van der Waals surface area contributed by atoms with Crippen LogP contribution in [0.3, 0.4) is 0 Å². The van der Waals surface area contributed by atoms with E-state index < -0.39 is 6.61 Å². The molecule has 4 heteroatoms. The van der Waals surface area contributed by atoms with Crippen molar-refractivity contribution in [3.05, 3.63) is 29.8 Å². The van der Waals surface area contributed by atoms with E-state index >= 15 is 0 Å². The number of hydrogen-bond acceptors (Lipinski definition) is 2. The molecule has 0 heterocycles. The Bertz CT molecular complexity index is 347. The van der Waals surface area contributed by atoms with E-state index in [4.69, 9.17) is 5.73 Å². The number of halogens is 2. The molecule has 0 aliphatic carbocycles. The van der Waals surface area contributed by atoms with Gasteiger partial charge >= 0.3 is 6.61 Å². The summed E-state index contributed by atoms with van der Waals surface area (Å²) in [6.07, 6.45) is 0. The maximum atomic E-state index is 12.2. The van der Waals surface area contributed by atoms with Crippen LogP contribution in [0.2, 0.25) is 0 Å². The number of benzene rings is 1. The van der Waals surface area contributed by atoms with E-state index in [0.717, 1.165) is 0 Å². The zero-order chi connectivity index (χ0) is 12.3. The summed E-state index contributed by atoms with van der Waals surface area (Å²) in [4.78, 5) is 0. The molecule has 0 aromatic heterocycles. The van der Waals surface area contributed by atoms with Gasteiger partial charge in [0.2, 0.25) is 0 Å². The number of hydrogen-bond donors (Lipinski definition) is 1. The number of nitrogens with two attached hydrogens (primary N) is 1. The van der Waals surface area contributed by atoms with E-state index in [1.165, 1.54) is 6.07 Å². The Kier molecular flexibility index (Phi) is 3.86. The van der Waals surface area contributed by atoms with Gasteiger partial charge in [0, 0.05) is 11.6 Å². The Morgan fingerprint density at radius 2 is 1.75 bits per heavy atom. The van der Waals surface area contributed by atoms with Crippen molar-refractivity contribution in [2.75, 3.05) is 0 Å². The Morgan fingerprint density at radius 1 is 1.19 bits per heavy atom. The van der Waals surface area contributed by atoms with E-state index in [9.17, 15) is 8.78 Å². The second kappa shape index (κ2) is 4.78. The van der Waals surface area contributed by atoms with Gasteiger partial charge in [0.15, 0.2) is 0 Å². The zero-order valence-corrected chi connectivity index (χ0v) is 9.71. The van der Waals surface area contributed by atoms with Crippen molar-refractivity contribution in [2.45, 2.75) is 33.4 Å². The lowest BCUT2D eigenvalue weighted by Gasteiger charge is -2.28. The van der Waals surface area contributed by atoms with E-state index in [2.05, 4.69) is 4.74 Å². The fourth-order valence-corrected chi connectivity index (χ4v) is 1.41. The average molecular weight is 229 g/mol. The highest BCUT2D eigenvalue weighted by Gasteiger charge is 2.25. The third-order valence-corrected chi connectivity index (χ3v) is 2.40. The second-order valence-corrected chi connectivity index (χ2v) is 4.76. The van der Waals surface area contributed by atoms with Gasteiger partial charge in [-0.25, -0.2) is 0 Å². The highest BCUT2D eigenvalue weighted by Crippen LogP contribution is 2.35. The van der Waals surface area contributed by atoms with Gasteiger partial charge in [-0.1, -0.05) is 39.0 Å². The van der Waals surface area contributed by atoms with E-state index in [1.54, 1.807) is 18.2 Å². The molecule has 0 spiro atoms. The van der Waals surface area contributed by atoms with Crippen LogP contribution in [0.25, 0.3) is 0 Å². The summed E-state index contributed by atoms with van der Waals surface area (Å²) < 4.78 is 28.8. The molecule has 0 fully saturated rings. The first-order chi connectivity index (χ1) is 7.32. The third kappa shape index (κ3) is 3.17. The van der Waals surface area contributed by atoms with Crippen LogP contribution < -0.4 is 10.5 Å².